The van der Waals surface area contributed by atoms with Crippen molar-refractivity contribution in [3.8, 4) is 0 Å². The van der Waals surface area contributed by atoms with Gasteiger partial charge in [0.05, 0.1) is 18.1 Å². The molecule has 4 nitrogen and oxygen atoms in total. The van der Waals surface area contributed by atoms with Crippen molar-refractivity contribution in [1.82, 2.24) is 14.9 Å². The van der Waals surface area contributed by atoms with Crippen LogP contribution >= 0.6 is 11.8 Å². The molecule has 0 bridgehead atoms. The Morgan fingerprint density at radius 3 is 3.00 bits per heavy atom. The predicted molar refractivity (Wildman–Crippen MR) is 73.4 cm³/mol. The minimum Gasteiger partial charge on any atom is -0.372 e. The summed E-state index contributed by atoms with van der Waals surface area (Å²) in [7, 11) is 1.86. The highest BCUT2D eigenvalue weighted by Gasteiger charge is 2.19. The molecule has 0 aliphatic carbocycles. The Balaban J connectivity index is 1.90. The largest absolute Gasteiger partial charge is 0.372 e. The van der Waals surface area contributed by atoms with E-state index >= 15 is 0 Å². The van der Waals surface area contributed by atoms with Crippen molar-refractivity contribution in [1.29, 1.82) is 0 Å². The van der Waals surface area contributed by atoms with Crippen molar-refractivity contribution in [3.05, 3.63) is 18.1 Å². The summed E-state index contributed by atoms with van der Waals surface area (Å²) in [5, 5.41) is 3.77. The van der Waals surface area contributed by atoms with Gasteiger partial charge in [0.2, 0.25) is 0 Å². The summed E-state index contributed by atoms with van der Waals surface area (Å²) in [4.78, 5) is 11.2. The summed E-state index contributed by atoms with van der Waals surface area (Å²) in [6.07, 6.45) is 4.92. The molecule has 1 aromatic heterocycles. The highest BCUT2D eigenvalue weighted by molar-refractivity contribution is 8.00. The van der Waals surface area contributed by atoms with Crippen LogP contribution in [0.3, 0.4) is 0 Å². The van der Waals surface area contributed by atoms with Crippen LogP contribution in [0.1, 0.15) is 19.0 Å². The van der Waals surface area contributed by atoms with Crippen LogP contribution in [0.15, 0.2) is 12.4 Å². The fourth-order valence-corrected chi connectivity index (χ4v) is 3.21. The number of nitrogens with one attached hydrogen (secondary N) is 1. The molecule has 2 rings (SSSR count). The van der Waals surface area contributed by atoms with E-state index in [0.29, 0.717) is 0 Å². The van der Waals surface area contributed by atoms with E-state index in [0.717, 1.165) is 29.9 Å². The predicted octanol–water partition coefficient (Wildman–Crippen LogP) is 1.85. The first kappa shape index (κ1) is 12.6. The molecule has 0 amide bonds. The Morgan fingerprint density at radius 2 is 2.35 bits per heavy atom. The molecular formula is C12H20N4S. The van der Waals surface area contributed by atoms with Gasteiger partial charge in [0.1, 0.15) is 5.82 Å². The molecule has 1 N–H and O–H groups in total. The summed E-state index contributed by atoms with van der Waals surface area (Å²) in [5.41, 5.74) is 1.06. The van der Waals surface area contributed by atoms with Crippen molar-refractivity contribution in [2.45, 2.75) is 25.1 Å². The van der Waals surface area contributed by atoms with Crippen LogP contribution in [0.2, 0.25) is 0 Å². The summed E-state index contributed by atoms with van der Waals surface area (Å²) >= 11 is 2.10. The van der Waals surface area contributed by atoms with Gasteiger partial charge in [-0.05, 0) is 6.42 Å². The van der Waals surface area contributed by atoms with E-state index in [-0.39, 0.29) is 0 Å². The zero-order chi connectivity index (χ0) is 12.1. The van der Waals surface area contributed by atoms with Gasteiger partial charge in [0.25, 0.3) is 0 Å². The van der Waals surface area contributed by atoms with Crippen molar-refractivity contribution in [2.75, 3.05) is 31.2 Å². The molecule has 1 atom stereocenters. The zero-order valence-electron chi connectivity index (χ0n) is 10.5. The van der Waals surface area contributed by atoms with E-state index in [1.807, 2.05) is 13.2 Å². The van der Waals surface area contributed by atoms with Gasteiger partial charge in [-0.1, -0.05) is 6.92 Å². The van der Waals surface area contributed by atoms with Crippen molar-refractivity contribution in [2.24, 2.45) is 0 Å². The lowest BCUT2D eigenvalue weighted by Gasteiger charge is -2.31. The first-order valence-corrected chi connectivity index (χ1v) is 7.19. The summed E-state index contributed by atoms with van der Waals surface area (Å²) in [5.74, 6) is 2.06. The summed E-state index contributed by atoms with van der Waals surface area (Å²) in [6, 6.07) is 0. The molecule has 0 radical (unpaired) electrons. The molecule has 0 aromatic carbocycles. The molecule has 0 spiro atoms. The van der Waals surface area contributed by atoms with E-state index in [1.54, 1.807) is 6.20 Å². The second-order valence-corrected chi connectivity index (χ2v) is 5.69. The Bertz CT molecular complexity index is 341. The lowest BCUT2D eigenvalue weighted by molar-refractivity contribution is 0.270. The van der Waals surface area contributed by atoms with E-state index < -0.39 is 0 Å². The van der Waals surface area contributed by atoms with Crippen molar-refractivity contribution >= 4 is 17.6 Å². The number of anilines is 1. The normalized spacial score (nSPS) is 21.4. The Hall–Kier alpha value is -0.810. The van der Waals surface area contributed by atoms with E-state index in [4.69, 9.17) is 0 Å². The minimum atomic E-state index is 0.785. The summed E-state index contributed by atoms with van der Waals surface area (Å²) < 4.78 is 0. The van der Waals surface area contributed by atoms with Gasteiger partial charge in [-0.3, -0.25) is 9.88 Å². The van der Waals surface area contributed by atoms with Crippen LogP contribution in [0.4, 0.5) is 5.82 Å². The third-order valence-electron chi connectivity index (χ3n) is 3.03. The van der Waals surface area contributed by atoms with Crippen LogP contribution in [0.25, 0.3) is 0 Å². The highest BCUT2D eigenvalue weighted by Crippen LogP contribution is 2.21. The average Bonchev–Trinajstić information content (AvgIpc) is 2.40. The van der Waals surface area contributed by atoms with Crippen molar-refractivity contribution in [3.63, 3.8) is 0 Å². The van der Waals surface area contributed by atoms with Gasteiger partial charge >= 0.3 is 0 Å². The third kappa shape index (κ3) is 3.57. The first-order valence-electron chi connectivity index (χ1n) is 6.14. The van der Waals surface area contributed by atoms with Gasteiger partial charge in [-0.2, -0.15) is 11.8 Å². The zero-order valence-corrected chi connectivity index (χ0v) is 11.3. The number of rotatable bonds is 4. The SMILES string of the molecule is CCC1CN(Cc2cnc(NC)cn2)CCS1. The number of aromatic nitrogens is 2. The molecule has 1 aliphatic heterocycles. The van der Waals surface area contributed by atoms with Gasteiger partial charge in [-0.25, -0.2) is 4.98 Å². The lowest BCUT2D eigenvalue weighted by atomic mass is 10.3. The topological polar surface area (TPSA) is 41.1 Å². The highest BCUT2D eigenvalue weighted by atomic mass is 32.2. The van der Waals surface area contributed by atoms with Crippen molar-refractivity contribution < 1.29 is 0 Å². The van der Waals surface area contributed by atoms with E-state index in [9.17, 15) is 0 Å². The molecule has 5 heteroatoms. The fourth-order valence-electron chi connectivity index (χ4n) is 1.97. The summed E-state index contributed by atoms with van der Waals surface area (Å²) in [6.45, 7) is 5.53. The quantitative estimate of drug-likeness (QED) is 0.885. The average molecular weight is 252 g/mol. The van der Waals surface area contributed by atoms with Crippen LogP contribution in [0.5, 0.6) is 0 Å². The second kappa shape index (κ2) is 6.21. The van der Waals surface area contributed by atoms with Crippen LogP contribution in [-0.4, -0.2) is 46.0 Å². The standard InChI is InChI=1S/C12H20N4S/c1-3-11-9-16(4-5-17-11)8-10-6-15-12(13-2)7-14-10/h6-7,11H,3-5,8-9H2,1-2H3,(H,13,15). The number of nitrogens with zero attached hydrogens (tertiary/aromatic N) is 3. The smallest absolute Gasteiger partial charge is 0.144 e. The molecule has 17 heavy (non-hydrogen) atoms. The second-order valence-electron chi connectivity index (χ2n) is 4.28. The number of hydrogen-bond acceptors (Lipinski definition) is 5. The van der Waals surface area contributed by atoms with E-state index in [2.05, 4.69) is 38.9 Å². The van der Waals surface area contributed by atoms with Gasteiger partial charge in [0.15, 0.2) is 0 Å². The molecular weight excluding hydrogens is 232 g/mol. The number of hydrogen-bond donors (Lipinski definition) is 1. The molecule has 94 valence electrons. The molecule has 1 unspecified atom stereocenters. The molecule has 1 aliphatic rings. The van der Waals surface area contributed by atoms with Gasteiger partial charge in [-0.15, -0.1) is 0 Å². The minimum absolute atomic E-state index is 0.785. The molecule has 1 aromatic rings. The molecule has 2 heterocycles. The molecule has 1 saturated heterocycles. The Morgan fingerprint density at radius 1 is 1.47 bits per heavy atom. The molecule has 1 fully saturated rings. The first-order chi connectivity index (χ1) is 8.31. The fraction of sp³-hybridized carbons (Fsp3) is 0.667. The monoisotopic (exact) mass is 252 g/mol. The van der Waals surface area contributed by atoms with E-state index in [1.165, 1.54) is 18.7 Å². The maximum Gasteiger partial charge on any atom is 0.144 e. The van der Waals surface area contributed by atoms with Crippen LogP contribution in [0, 0.1) is 0 Å². The third-order valence-corrected chi connectivity index (χ3v) is 4.40. The number of thioether (sulfide) groups is 1. The lowest BCUT2D eigenvalue weighted by Crippen LogP contribution is -2.37. The molecule has 0 saturated carbocycles. The maximum atomic E-state index is 4.42. The van der Waals surface area contributed by atoms with Gasteiger partial charge < -0.3 is 5.32 Å². The van der Waals surface area contributed by atoms with Crippen LogP contribution < -0.4 is 5.32 Å². The maximum absolute atomic E-state index is 4.42. The Labute approximate surface area is 107 Å². The van der Waals surface area contributed by atoms with Gasteiger partial charge in [0, 0.05) is 37.7 Å². The Kier molecular flexibility index (Phi) is 4.62. The van der Waals surface area contributed by atoms with Crippen LogP contribution in [-0.2, 0) is 6.54 Å².